The van der Waals surface area contributed by atoms with E-state index < -0.39 is 25.7 Å². The topological polar surface area (TPSA) is 101 Å². The molecule has 0 fully saturated rings. The third-order valence-electron chi connectivity index (χ3n) is 2.31. The van der Waals surface area contributed by atoms with Crippen LogP contribution in [0.15, 0.2) is 29.2 Å². The van der Waals surface area contributed by atoms with Crippen LogP contribution in [-0.4, -0.2) is 40.0 Å². The van der Waals surface area contributed by atoms with Crippen molar-refractivity contribution in [2.75, 3.05) is 18.6 Å². The number of rotatable bonds is 7. The van der Waals surface area contributed by atoms with Crippen LogP contribution in [-0.2, 0) is 20.0 Å². The monoisotopic (exact) mass is 314 g/mol. The van der Waals surface area contributed by atoms with Crippen molar-refractivity contribution < 1.29 is 45.0 Å². The van der Waals surface area contributed by atoms with Gasteiger partial charge >= 0.3 is 18.9 Å². The minimum absolute atomic E-state index is 0. The number of benzene rings is 1. The molecular weight excluding hydrogens is 299 g/mol. The summed E-state index contributed by atoms with van der Waals surface area (Å²) in [5.41, 5.74) is 0. The van der Waals surface area contributed by atoms with Crippen molar-refractivity contribution in [1.82, 2.24) is 0 Å². The van der Waals surface area contributed by atoms with E-state index in [2.05, 4.69) is 0 Å². The quantitative estimate of drug-likeness (QED) is 0.322. The summed E-state index contributed by atoms with van der Waals surface area (Å²) in [5, 5.41) is 0. The molecule has 0 aliphatic carbocycles. The third-order valence-corrected chi connectivity index (χ3v) is 4.23. The van der Waals surface area contributed by atoms with E-state index in [1.165, 1.54) is 24.3 Å². The van der Waals surface area contributed by atoms with Crippen molar-refractivity contribution in [3.8, 4) is 5.75 Å². The summed E-state index contributed by atoms with van der Waals surface area (Å²) in [6.07, 6.45) is 1.80. The first-order valence-electron chi connectivity index (χ1n) is 5.55. The number of hydrogen-bond donors (Lipinski definition) is 0. The summed E-state index contributed by atoms with van der Waals surface area (Å²) in [6.45, 7) is 0.272. The molecule has 0 radical (unpaired) electrons. The molecule has 0 amide bonds. The van der Waals surface area contributed by atoms with Gasteiger partial charge in [0.1, 0.15) is 5.75 Å². The van der Waals surface area contributed by atoms with Crippen LogP contribution < -0.4 is 23.6 Å². The second-order valence-corrected chi connectivity index (χ2v) is 7.60. The van der Waals surface area contributed by atoms with Crippen LogP contribution in [0.25, 0.3) is 0 Å². The summed E-state index contributed by atoms with van der Waals surface area (Å²) in [5.74, 6) is 0.0981. The molecule has 0 saturated carbocycles. The zero-order valence-corrected chi connectivity index (χ0v) is 13.0. The number of unbranched alkanes of at least 4 members (excludes halogenated alkanes) is 1. The largest absolute Gasteiger partial charge is 1.00 e. The molecule has 9 heteroatoms. The summed E-state index contributed by atoms with van der Waals surface area (Å²) >= 11 is 0. The average Bonchev–Trinajstić information content (AvgIpc) is 2.26. The van der Waals surface area contributed by atoms with E-state index >= 15 is 0 Å². The van der Waals surface area contributed by atoms with E-state index in [1.54, 1.807) is 0 Å². The van der Waals surface area contributed by atoms with Crippen LogP contribution >= 0.6 is 0 Å². The fraction of sp³-hybridized carbons (Fsp3) is 0.455. The zero-order valence-electron chi connectivity index (χ0n) is 11.4. The van der Waals surface area contributed by atoms with E-state index in [9.17, 15) is 21.4 Å². The van der Waals surface area contributed by atoms with Crippen molar-refractivity contribution in [1.29, 1.82) is 0 Å². The van der Waals surface area contributed by atoms with E-state index in [-0.39, 0.29) is 36.8 Å². The molecule has 108 valence electrons. The van der Waals surface area contributed by atoms with Gasteiger partial charge in [0.15, 0.2) is 9.84 Å². The van der Waals surface area contributed by atoms with Crippen molar-refractivity contribution >= 4 is 20.0 Å². The maximum Gasteiger partial charge on any atom is 1.00 e. The SMILES string of the molecule is CS(=O)(=O)c1ccc(OCCCCS(=O)(=O)[O-])cc1.[Li+]. The van der Waals surface area contributed by atoms with Crippen LogP contribution in [0.2, 0.25) is 0 Å². The third kappa shape index (κ3) is 7.92. The summed E-state index contributed by atoms with van der Waals surface area (Å²) in [4.78, 5) is 0.206. The molecule has 0 unspecified atom stereocenters. The molecule has 0 bridgehead atoms. The fourth-order valence-electron chi connectivity index (χ4n) is 1.35. The fourth-order valence-corrected chi connectivity index (χ4v) is 2.54. The predicted molar refractivity (Wildman–Crippen MR) is 68.8 cm³/mol. The van der Waals surface area contributed by atoms with Gasteiger partial charge in [-0.25, -0.2) is 16.8 Å². The van der Waals surface area contributed by atoms with Gasteiger partial charge in [0, 0.05) is 12.0 Å². The van der Waals surface area contributed by atoms with Gasteiger partial charge in [0.25, 0.3) is 0 Å². The van der Waals surface area contributed by atoms with E-state index in [4.69, 9.17) is 4.74 Å². The standard InChI is InChI=1S/C11H16O6S2.Li/c1-18(12,13)11-6-4-10(5-7-11)17-8-2-3-9-19(14,15)16;/h4-7H,2-3,8-9H2,1H3,(H,14,15,16);/q;+1/p-1. The smallest absolute Gasteiger partial charge is 0.748 e. The Balaban J connectivity index is 0.00000361. The first kappa shape index (κ1) is 19.5. The Bertz CT molecular complexity index is 607. The van der Waals surface area contributed by atoms with Gasteiger partial charge in [-0.2, -0.15) is 0 Å². The molecule has 1 rings (SSSR count). The van der Waals surface area contributed by atoms with Crippen LogP contribution in [0.1, 0.15) is 12.8 Å². The first-order valence-corrected chi connectivity index (χ1v) is 9.02. The normalized spacial score (nSPS) is 11.7. The number of ether oxygens (including phenoxy) is 1. The van der Waals surface area contributed by atoms with Gasteiger partial charge in [-0.05, 0) is 37.1 Å². The van der Waals surface area contributed by atoms with Crippen LogP contribution in [0.3, 0.4) is 0 Å². The first-order chi connectivity index (χ1) is 8.68. The average molecular weight is 314 g/mol. The van der Waals surface area contributed by atoms with Gasteiger partial charge in [0.2, 0.25) is 0 Å². The molecule has 0 saturated heterocycles. The van der Waals surface area contributed by atoms with Crippen LogP contribution in [0, 0.1) is 0 Å². The molecule has 20 heavy (non-hydrogen) atoms. The van der Waals surface area contributed by atoms with Crippen LogP contribution in [0.5, 0.6) is 5.75 Å². The summed E-state index contributed by atoms with van der Waals surface area (Å²) < 4.78 is 58.7. The second kappa shape index (κ2) is 8.05. The van der Waals surface area contributed by atoms with Gasteiger partial charge < -0.3 is 9.29 Å². The van der Waals surface area contributed by atoms with Crippen molar-refractivity contribution in [3.05, 3.63) is 24.3 Å². The number of sulfone groups is 1. The minimum atomic E-state index is -4.16. The second-order valence-electron chi connectivity index (χ2n) is 4.06. The molecule has 1 aromatic carbocycles. The molecule has 1 aromatic rings. The van der Waals surface area contributed by atoms with E-state index in [1.807, 2.05) is 0 Å². The molecular formula is C11H15LiO6S2. The molecule has 0 aromatic heterocycles. The van der Waals surface area contributed by atoms with Gasteiger partial charge in [-0.15, -0.1) is 0 Å². The maximum atomic E-state index is 11.2. The summed E-state index contributed by atoms with van der Waals surface area (Å²) in [7, 11) is -7.39. The molecule has 0 spiro atoms. The molecule has 0 atom stereocenters. The molecule has 0 aliphatic heterocycles. The molecule has 6 nitrogen and oxygen atoms in total. The Kier molecular flexibility index (Phi) is 7.84. The maximum absolute atomic E-state index is 11.2. The Labute approximate surface area is 131 Å². The van der Waals surface area contributed by atoms with Crippen molar-refractivity contribution in [2.24, 2.45) is 0 Å². The Morgan fingerprint density at radius 3 is 2.05 bits per heavy atom. The van der Waals surface area contributed by atoms with Crippen molar-refractivity contribution in [3.63, 3.8) is 0 Å². The minimum Gasteiger partial charge on any atom is -0.748 e. The Morgan fingerprint density at radius 1 is 1.05 bits per heavy atom. The van der Waals surface area contributed by atoms with Gasteiger partial charge in [0.05, 0.1) is 21.6 Å². The summed E-state index contributed by atoms with van der Waals surface area (Å²) in [6, 6.07) is 5.93. The van der Waals surface area contributed by atoms with E-state index in [0.29, 0.717) is 12.2 Å². The Hall–Kier alpha value is -0.523. The van der Waals surface area contributed by atoms with Gasteiger partial charge in [-0.1, -0.05) is 0 Å². The molecule has 0 N–H and O–H groups in total. The Morgan fingerprint density at radius 2 is 1.60 bits per heavy atom. The van der Waals surface area contributed by atoms with E-state index in [0.717, 1.165) is 6.26 Å². The zero-order chi connectivity index (χ0) is 14.5. The predicted octanol–water partition coefficient (Wildman–Crippen LogP) is -2.20. The molecule has 0 heterocycles. The van der Waals surface area contributed by atoms with Crippen molar-refractivity contribution in [2.45, 2.75) is 17.7 Å². The number of hydrogen-bond acceptors (Lipinski definition) is 6. The molecule has 0 aliphatic rings. The van der Waals surface area contributed by atoms with Gasteiger partial charge in [-0.3, -0.25) is 0 Å². The van der Waals surface area contributed by atoms with Crippen LogP contribution in [0.4, 0.5) is 0 Å².